The number of amides is 1. The molecule has 2 aromatic carbocycles. The van der Waals surface area contributed by atoms with Crippen LogP contribution < -0.4 is 5.32 Å². The van der Waals surface area contributed by atoms with E-state index in [2.05, 4.69) is 10.3 Å². The molecule has 0 aliphatic carbocycles. The molecule has 0 atom stereocenters. The second-order valence-electron chi connectivity index (χ2n) is 6.34. The van der Waals surface area contributed by atoms with Crippen LogP contribution in [0.2, 0.25) is 0 Å². The Balaban J connectivity index is 1.46. The molecule has 2 aromatic heterocycles. The molecule has 0 radical (unpaired) electrons. The zero-order valence-corrected chi connectivity index (χ0v) is 16.2. The molecule has 3 nitrogen and oxygen atoms in total. The Morgan fingerprint density at radius 2 is 1.79 bits per heavy atom. The number of anilines is 1. The van der Waals surface area contributed by atoms with Crippen LogP contribution in [0.15, 0.2) is 85.1 Å². The molecule has 29 heavy (non-hydrogen) atoms. The number of hydrogen-bond donors (Lipinski definition) is 1. The first-order chi connectivity index (χ1) is 14.2. The topological polar surface area (TPSA) is 42.0 Å². The van der Waals surface area contributed by atoms with Crippen LogP contribution in [-0.4, -0.2) is 10.9 Å². The lowest BCUT2D eigenvalue weighted by molar-refractivity contribution is 0.103. The van der Waals surface area contributed by atoms with Gasteiger partial charge in [0.1, 0.15) is 5.82 Å². The molecule has 0 spiro atoms. The first-order valence-electron chi connectivity index (χ1n) is 9.04. The van der Waals surface area contributed by atoms with Gasteiger partial charge in [0, 0.05) is 16.8 Å². The number of benzene rings is 2. The summed E-state index contributed by atoms with van der Waals surface area (Å²) in [5.41, 5.74) is 3.44. The second-order valence-corrected chi connectivity index (χ2v) is 7.42. The van der Waals surface area contributed by atoms with E-state index in [4.69, 9.17) is 0 Å². The highest BCUT2D eigenvalue weighted by molar-refractivity contribution is 7.17. The number of nitrogens with zero attached hydrogens (tertiary/aromatic N) is 1. The van der Waals surface area contributed by atoms with Gasteiger partial charge in [-0.15, -0.1) is 11.3 Å². The van der Waals surface area contributed by atoms with Gasteiger partial charge >= 0.3 is 0 Å². The number of hydrogen-bond acceptors (Lipinski definition) is 3. The number of thiophene rings is 1. The van der Waals surface area contributed by atoms with Crippen LogP contribution in [0.4, 0.5) is 10.1 Å². The fraction of sp³-hybridized carbons (Fsp3) is 0. The zero-order chi connectivity index (χ0) is 20.1. The summed E-state index contributed by atoms with van der Waals surface area (Å²) in [5, 5.41) is 2.93. The van der Waals surface area contributed by atoms with Gasteiger partial charge in [-0.25, -0.2) is 4.39 Å². The Morgan fingerprint density at radius 1 is 0.931 bits per heavy atom. The highest BCUT2D eigenvalue weighted by Gasteiger charge is 2.11. The summed E-state index contributed by atoms with van der Waals surface area (Å²) < 4.78 is 13.1. The third-order valence-electron chi connectivity index (χ3n) is 4.24. The van der Waals surface area contributed by atoms with Crippen molar-refractivity contribution in [2.45, 2.75) is 0 Å². The van der Waals surface area contributed by atoms with Crippen molar-refractivity contribution in [2.75, 3.05) is 5.32 Å². The molecule has 1 amide bonds. The lowest BCUT2D eigenvalue weighted by Crippen LogP contribution is -2.09. The molecule has 0 aliphatic rings. The summed E-state index contributed by atoms with van der Waals surface area (Å²) in [6.45, 7) is 0. The number of carbonyl (C=O) groups is 1. The quantitative estimate of drug-likeness (QED) is 0.423. The molecular formula is C24H17FN2OS. The maximum Gasteiger partial charge on any atom is 0.265 e. The number of halogens is 1. The monoisotopic (exact) mass is 400 g/mol. The molecule has 2 heterocycles. The van der Waals surface area contributed by atoms with E-state index in [1.54, 1.807) is 24.4 Å². The average molecular weight is 400 g/mol. The van der Waals surface area contributed by atoms with Crippen molar-refractivity contribution in [3.05, 3.63) is 107 Å². The molecule has 142 valence electrons. The molecule has 0 unspecified atom stereocenters. The standard InChI is InChI=1S/C24H17FN2OS/c25-19-10-8-18(9-11-19)22-13-14-23(29-22)24(28)27-21-6-3-4-17(16-21)7-12-20-5-1-2-15-26-20/h1-16H,(H,27,28)/b12-7+. The molecule has 4 rings (SSSR count). The van der Waals surface area contributed by atoms with Gasteiger partial charge < -0.3 is 5.32 Å². The summed E-state index contributed by atoms with van der Waals surface area (Å²) in [4.78, 5) is 18.4. The minimum absolute atomic E-state index is 0.172. The van der Waals surface area contributed by atoms with Crippen molar-refractivity contribution < 1.29 is 9.18 Å². The Labute approximate surface area is 172 Å². The van der Waals surface area contributed by atoms with Gasteiger partial charge in [0.25, 0.3) is 5.91 Å². The number of aromatic nitrogens is 1. The lowest BCUT2D eigenvalue weighted by Gasteiger charge is -2.04. The Hall–Kier alpha value is -3.57. The van der Waals surface area contributed by atoms with Crippen LogP contribution >= 0.6 is 11.3 Å². The largest absolute Gasteiger partial charge is 0.321 e. The van der Waals surface area contributed by atoms with Gasteiger partial charge in [0.05, 0.1) is 10.6 Å². The van der Waals surface area contributed by atoms with E-state index in [0.29, 0.717) is 4.88 Å². The molecule has 4 aromatic rings. The van der Waals surface area contributed by atoms with Gasteiger partial charge in [-0.3, -0.25) is 9.78 Å². The van der Waals surface area contributed by atoms with E-state index in [0.717, 1.165) is 27.4 Å². The van der Waals surface area contributed by atoms with Gasteiger partial charge in [-0.2, -0.15) is 0 Å². The predicted octanol–water partition coefficient (Wildman–Crippen LogP) is 6.37. The van der Waals surface area contributed by atoms with E-state index >= 15 is 0 Å². The molecule has 0 fully saturated rings. The average Bonchev–Trinajstić information content (AvgIpc) is 3.24. The fourth-order valence-corrected chi connectivity index (χ4v) is 3.70. The van der Waals surface area contributed by atoms with E-state index in [-0.39, 0.29) is 11.7 Å². The minimum Gasteiger partial charge on any atom is -0.321 e. The van der Waals surface area contributed by atoms with Crippen molar-refractivity contribution in [3.8, 4) is 10.4 Å². The van der Waals surface area contributed by atoms with Crippen LogP contribution in [0.25, 0.3) is 22.6 Å². The van der Waals surface area contributed by atoms with Crippen molar-refractivity contribution in [2.24, 2.45) is 0 Å². The zero-order valence-electron chi connectivity index (χ0n) is 15.4. The van der Waals surface area contributed by atoms with Crippen LogP contribution in [0.5, 0.6) is 0 Å². The summed E-state index contributed by atoms with van der Waals surface area (Å²) >= 11 is 1.37. The first-order valence-corrected chi connectivity index (χ1v) is 9.85. The van der Waals surface area contributed by atoms with Crippen LogP contribution in [-0.2, 0) is 0 Å². The molecule has 0 aliphatic heterocycles. The molecule has 0 saturated heterocycles. The number of rotatable bonds is 5. The lowest BCUT2D eigenvalue weighted by atomic mass is 10.1. The normalized spacial score (nSPS) is 10.9. The highest BCUT2D eigenvalue weighted by Crippen LogP contribution is 2.29. The smallest absolute Gasteiger partial charge is 0.265 e. The van der Waals surface area contributed by atoms with Crippen LogP contribution in [0, 0.1) is 5.82 Å². The SMILES string of the molecule is O=C(Nc1cccc(/C=C/c2ccccn2)c1)c1ccc(-c2ccc(F)cc2)s1. The molecule has 1 N–H and O–H groups in total. The molecule has 5 heteroatoms. The minimum atomic E-state index is -0.278. The van der Waals surface area contributed by atoms with Crippen LogP contribution in [0.1, 0.15) is 20.9 Å². The number of carbonyl (C=O) groups excluding carboxylic acids is 1. The van der Waals surface area contributed by atoms with Crippen molar-refractivity contribution >= 4 is 35.1 Å². The number of pyridine rings is 1. The second kappa shape index (κ2) is 8.63. The summed E-state index contributed by atoms with van der Waals surface area (Å²) in [5.74, 6) is -0.450. The third-order valence-corrected chi connectivity index (χ3v) is 5.37. The first kappa shape index (κ1) is 18.8. The predicted molar refractivity (Wildman–Crippen MR) is 117 cm³/mol. The Morgan fingerprint density at radius 3 is 2.59 bits per heavy atom. The van der Waals surface area contributed by atoms with Crippen molar-refractivity contribution in [1.82, 2.24) is 4.98 Å². The van der Waals surface area contributed by atoms with Gasteiger partial charge in [0.15, 0.2) is 0 Å². The van der Waals surface area contributed by atoms with Crippen molar-refractivity contribution in [3.63, 3.8) is 0 Å². The molecular weight excluding hydrogens is 383 g/mol. The van der Waals surface area contributed by atoms with E-state index in [1.165, 1.54) is 23.5 Å². The Kier molecular flexibility index (Phi) is 5.59. The highest BCUT2D eigenvalue weighted by atomic mass is 32.1. The van der Waals surface area contributed by atoms with Gasteiger partial charge in [-0.1, -0.05) is 36.4 Å². The summed E-state index contributed by atoms with van der Waals surface area (Å²) in [7, 11) is 0. The van der Waals surface area contributed by atoms with E-state index in [1.807, 2.05) is 60.7 Å². The van der Waals surface area contributed by atoms with Crippen molar-refractivity contribution in [1.29, 1.82) is 0 Å². The van der Waals surface area contributed by atoms with E-state index in [9.17, 15) is 9.18 Å². The maximum absolute atomic E-state index is 13.1. The summed E-state index contributed by atoms with van der Waals surface area (Å²) in [6, 6.07) is 23.3. The maximum atomic E-state index is 13.1. The Bertz CT molecular complexity index is 1150. The van der Waals surface area contributed by atoms with Gasteiger partial charge in [-0.05, 0) is 65.7 Å². The molecule has 0 saturated carbocycles. The fourth-order valence-electron chi connectivity index (χ4n) is 2.80. The summed E-state index contributed by atoms with van der Waals surface area (Å²) in [6.07, 6.45) is 5.63. The third kappa shape index (κ3) is 4.83. The number of nitrogens with one attached hydrogen (secondary N) is 1. The molecule has 0 bridgehead atoms. The van der Waals surface area contributed by atoms with E-state index < -0.39 is 0 Å². The van der Waals surface area contributed by atoms with Gasteiger partial charge in [0.2, 0.25) is 0 Å². The van der Waals surface area contributed by atoms with Crippen LogP contribution in [0.3, 0.4) is 0 Å².